The van der Waals surface area contributed by atoms with Gasteiger partial charge >= 0.3 is 5.69 Å². The number of H-pyrrole nitrogens is 2. The Morgan fingerprint density at radius 1 is 0.897 bits per heavy atom. The number of aromatic amines is 2. The van der Waals surface area contributed by atoms with Gasteiger partial charge in [0.25, 0.3) is 11.9 Å². The van der Waals surface area contributed by atoms with Crippen LogP contribution in [0.1, 0.15) is 0 Å². The maximum atomic E-state index is 13.9. The molecule has 3 heterocycles. The highest BCUT2D eigenvalue weighted by atomic mass is 32.2. The lowest BCUT2D eigenvalue weighted by molar-refractivity contribution is 0.369. The fraction of sp³-hybridized carbons (Fsp3) is 0.250. The van der Waals surface area contributed by atoms with E-state index in [0.717, 1.165) is 9.21 Å². The predicted octanol–water partition coefficient (Wildman–Crippen LogP) is 1.32. The second-order valence-electron chi connectivity index (χ2n) is 6.35. The molecule has 0 saturated carbocycles. The zero-order valence-electron chi connectivity index (χ0n) is 14.5. The number of nitrogens with one attached hydrogen (secondary N) is 2. The van der Waals surface area contributed by atoms with E-state index in [2.05, 4.69) is 15.0 Å². The summed E-state index contributed by atoms with van der Waals surface area (Å²) >= 11 is 0. The van der Waals surface area contributed by atoms with Crippen molar-refractivity contribution in [2.75, 3.05) is 31.1 Å². The number of imidazole rings is 1. The lowest BCUT2D eigenvalue weighted by Crippen LogP contribution is -2.49. The van der Waals surface area contributed by atoms with Crippen molar-refractivity contribution in [3.63, 3.8) is 0 Å². The van der Waals surface area contributed by atoms with E-state index in [1.54, 1.807) is 0 Å². The highest BCUT2D eigenvalue weighted by Gasteiger charge is 2.32. The minimum absolute atomic E-state index is 0.0768. The first-order valence-corrected chi connectivity index (χ1v) is 9.79. The number of aromatic nitrogens is 3. The summed E-state index contributed by atoms with van der Waals surface area (Å²) in [6, 6.07) is 4.05. The van der Waals surface area contributed by atoms with Crippen molar-refractivity contribution in [2.24, 2.45) is 0 Å². The average Bonchev–Trinajstić information content (AvgIpc) is 3.06. The normalized spacial score (nSPS) is 15.9. The molecule has 13 heteroatoms. The molecule has 4 rings (SSSR count). The van der Waals surface area contributed by atoms with Crippen LogP contribution in [-0.2, 0) is 10.0 Å². The first-order valence-electron chi connectivity index (χ1n) is 8.35. The molecule has 1 aromatic carbocycles. The smallest absolute Gasteiger partial charge is 0.323 e. The largest absolute Gasteiger partial charge is 0.364 e. The zero-order chi connectivity index (χ0) is 20.9. The molecule has 1 aliphatic rings. The zero-order valence-corrected chi connectivity index (χ0v) is 15.4. The predicted molar refractivity (Wildman–Crippen MR) is 94.0 cm³/mol. The molecule has 8 nitrogen and oxygen atoms in total. The van der Waals surface area contributed by atoms with Crippen molar-refractivity contribution in [3.8, 4) is 0 Å². The number of piperazine rings is 1. The molecule has 0 radical (unpaired) electrons. The number of anilines is 1. The molecule has 0 amide bonds. The SMILES string of the molecule is O=c1[nH]c2ccc(S(=O)(=O)N3CCN(c4c(F)c(F)nc(F)c4F)CC3)cc2[nH]1. The molecule has 0 spiro atoms. The number of fused-ring (bicyclic) bond motifs is 1. The van der Waals surface area contributed by atoms with E-state index in [9.17, 15) is 30.8 Å². The first kappa shape index (κ1) is 19.4. The van der Waals surface area contributed by atoms with E-state index < -0.39 is 44.9 Å². The molecule has 2 N–H and O–H groups in total. The van der Waals surface area contributed by atoms with Gasteiger partial charge in [0.1, 0.15) is 5.69 Å². The Bertz CT molecular complexity index is 1240. The highest BCUT2D eigenvalue weighted by Crippen LogP contribution is 2.28. The van der Waals surface area contributed by atoms with Crippen LogP contribution in [0, 0.1) is 23.5 Å². The number of halogens is 4. The van der Waals surface area contributed by atoms with Gasteiger partial charge in [-0.05, 0) is 18.2 Å². The second-order valence-corrected chi connectivity index (χ2v) is 8.29. The van der Waals surface area contributed by atoms with Crippen molar-refractivity contribution in [3.05, 3.63) is 52.2 Å². The monoisotopic (exact) mass is 431 g/mol. The van der Waals surface area contributed by atoms with Crippen LogP contribution >= 0.6 is 0 Å². The molecule has 29 heavy (non-hydrogen) atoms. The minimum Gasteiger partial charge on any atom is -0.364 e. The van der Waals surface area contributed by atoms with E-state index in [1.807, 2.05) is 0 Å². The van der Waals surface area contributed by atoms with Crippen LogP contribution in [0.3, 0.4) is 0 Å². The topological polar surface area (TPSA) is 102 Å². The van der Waals surface area contributed by atoms with Gasteiger partial charge in [0, 0.05) is 26.2 Å². The molecule has 0 unspecified atom stereocenters. The number of sulfonamides is 1. The number of benzene rings is 1. The Balaban J connectivity index is 1.58. The Kier molecular flexibility index (Phi) is 4.58. The van der Waals surface area contributed by atoms with Crippen molar-refractivity contribution in [1.29, 1.82) is 0 Å². The van der Waals surface area contributed by atoms with Gasteiger partial charge in [0.2, 0.25) is 21.7 Å². The molecular formula is C16H13F4N5O3S. The average molecular weight is 431 g/mol. The van der Waals surface area contributed by atoms with Gasteiger partial charge in [-0.15, -0.1) is 0 Å². The van der Waals surface area contributed by atoms with Crippen LogP contribution in [0.25, 0.3) is 11.0 Å². The molecule has 0 aliphatic carbocycles. The molecule has 0 atom stereocenters. The summed E-state index contributed by atoms with van der Waals surface area (Å²) in [7, 11) is -3.96. The maximum Gasteiger partial charge on any atom is 0.323 e. The molecule has 3 aromatic rings. The van der Waals surface area contributed by atoms with E-state index in [4.69, 9.17) is 0 Å². The summed E-state index contributed by atoms with van der Waals surface area (Å²) in [6.45, 7) is -0.735. The first-order chi connectivity index (χ1) is 13.7. The summed E-state index contributed by atoms with van der Waals surface area (Å²) in [5, 5.41) is 0. The molecular weight excluding hydrogens is 418 g/mol. The summed E-state index contributed by atoms with van der Waals surface area (Å²) in [5.41, 5.74) is -0.657. The van der Waals surface area contributed by atoms with Gasteiger partial charge in [-0.2, -0.15) is 26.9 Å². The number of rotatable bonds is 3. The van der Waals surface area contributed by atoms with Crippen LogP contribution in [0.5, 0.6) is 0 Å². The summed E-state index contributed by atoms with van der Waals surface area (Å²) in [4.78, 5) is 19.7. The molecule has 154 valence electrons. The van der Waals surface area contributed by atoms with E-state index >= 15 is 0 Å². The lowest BCUT2D eigenvalue weighted by atomic mass is 10.2. The van der Waals surface area contributed by atoms with Crippen molar-refractivity contribution in [1.82, 2.24) is 19.3 Å². The fourth-order valence-electron chi connectivity index (χ4n) is 3.23. The summed E-state index contributed by atoms with van der Waals surface area (Å²) in [5.74, 6) is -6.82. The third-order valence-electron chi connectivity index (χ3n) is 4.65. The molecule has 1 fully saturated rings. The van der Waals surface area contributed by atoms with Crippen molar-refractivity contribution < 1.29 is 26.0 Å². The Morgan fingerprint density at radius 3 is 2.10 bits per heavy atom. The fourth-order valence-corrected chi connectivity index (χ4v) is 4.68. The third kappa shape index (κ3) is 3.25. The van der Waals surface area contributed by atoms with Gasteiger partial charge in [-0.1, -0.05) is 0 Å². The van der Waals surface area contributed by atoms with Gasteiger partial charge in [-0.3, -0.25) is 0 Å². The third-order valence-corrected chi connectivity index (χ3v) is 6.55. The Hall–Kier alpha value is -2.93. The Morgan fingerprint density at radius 2 is 1.48 bits per heavy atom. The number of hydrogen-bond donors (Lipinski definition) is 2. The lowest BCUT2D eigenvalue weighted by Gasteiger charge is -2.35. The minimum atomic E-state index is -3.96. The van der Waals surface area contributed by atoms with E-state index in [1.165, 1.54) is 18.2 Å². The van der Waals surface area contributed by atoms with Gasteiger partial charge in [-0.25, -0.2) is 13.2 Å². The molecule has 0 bridgehead atoms. The molecule has 1 aliphatic heterocycles. The Labute approximate surface area is 160 Å². The summed E-state index contributed by atoms with van der Waals surface area (Å²) < 4.78 is 81.3. The maximum absolute atomic E-state index is 13.9. The molecule has 2 aromatic heterocycles. The van der Waals surface area contributed by atoms with Crippen molar-refractivity contribution in [2.45, 2.75) is 4.90 Å². The number of nitrogens with zero attached hydrogens (tertiary/aromatic N) is 3. The summed E-state index contributed by atoms with van der Waals surface area (Å²) in [6.07, 6.45) is 0. The second kappa shape index (κ2) is 6.84. The van der Waals surface area contributed by atoms with Gasteiger partial charge in [0.15, 0.2) is 0 Å². The highest BCUT2D eigenvalue weighted by molar-refractivity contribution is 7.89. The number of hydrogen-bond acceptors (Lipinski definition) is 5. The molecule has 1 saturated heterocycles. The van der Waals surface area contributed by atoms with Crippen molar-refractivity contribution >= 4 is 26.7 Å². The van der Waals surface area contributed by atoms with Crippen LogP contribution in [0.2, 0.25) is 0 Å². The number of pyridine rings is 1. The van der Waals surface area contributed by atoms with Crippen LogP contribution < -0.4 is 10.6 Å². The van der Waals surface area contributed by atoms with Gasteiger partial charge in [0.05, 0.1) is 15.9 Å². The standard InChI is InChI=1S/C16H13F4N5O3S/c17-11-13(12(18)15(20)23-14(11)19)24-3-5-25(6-4-24)29(27,28)8-1-2-9-10(7-8)22-16(26)21-9/h1-2,7H,3-6H2,(H2,21,22,26). The van der Waals surface area contributed by atoms with E-state index in [0.29, 0.717) is 11.0 Å². The van der Waals surface area contributed by atoms with Crippen LogP contribution in [0.15, 0.2) is 27.9 Å². The quantitative estimate of drug-likeness (QED) is 0.481. The van der Waals surface area contributed by atoms with Gasteiger partial charge < -0.3 is 14.9 Å². The van der Waals surface area contributed by atoms with Crippen LogP contribution in [-0.4, -0.2) is 53.9 Å². The van der Waals surface area contributed by atoms with Crippen LogP contribution in [0.4, 0.5) is 23.2 Å². The van der Waals surface area contributed by atoms with E-state index in [-0.39, 0.29) is 31.1 Å².